The molecular formula is C14H17N5O. The van der Waals surface area contributed by atoms with Crippen LogP contribution in [0.5, 0.6) is 0 Å². The first kappa shape index (κ1) is 12.7. The second kappa shape index (κ2) is 5.32. The highest BCUT2D eigenvalue weighted by atomic mass is 16.1. The number of carbonyl (C=O) groups is 1. The van der Waals surface area contributed by atoms with E-state index >= 15 is 0 Å². The lowest BCUT2D eigenvalue weighted by atomic mass is 10.2. The molecule has 1 fully saturated rings. The Labute approximate surface area is 116 Å². The van der Waals surface area contributed by atoms with Crippen LogP contribution in [0.3, 0.4) is 0 Å². The topological polar surface area (TPSA) is 92.9 Å². The van der Waals surface area contributed by atoms with Gasteiger partial charge in [0.2, 0.25) is 11.9 Å². The predicted octanol–water partition coefficient (Wildman–Crippen LogP) is 1.15. The third kappa shape index (κ3) is 2.96. The maximum atomic E-state index is 11.6. The molecule has 0 bridgehead atoms. The molecule has 1 aromatic carbocycles. The van der Waals surface area contributed by atoms with Crippen LogP contribution in [0.25, 0.3) is 10.9 Å². The van der Waals surface area contributed by atoms with Gasteiger partial charge in [-0.1, -0.05) is 12.1 Å². The lowest BCUT2D eigenvalue weighted by Crippen LogP contribution is -2.31. The molecule has 1 aliphatic rings. The van der Waals surface area contributed by atoms with Crippen LogP contribution in [0.2, 0.25) is 0 Å². The normalized spacial score (nSPS) is 14.2. The number of para-hydroxylation sites is 1. The van der Waals surface area contributed by atoms with Crippen molar-refractivity contribution in [1.82, 2.24) is 15.3 Å². The van der Waals surface area contributed by atoms with Crippen molar-refractivity contribution in [3.8, 4) is 0 Å². The van der Waals surface area contributed by atoms with Crippen molar-refractivity contribution in [3.05, 3.63) is 24.3 Å². The van der Waals surface area contributed by atoms with E-state index in [4.69, 9.17) is 5.73 Å². The zero-order valence-corrected chi connectivity index (χ0v) is 11.1. The second-order valence-corrected chi connectivity index (χ2v) is 5.05. The Hall–Kier alpha value is -2.37. The summed E-state index contributed by atoms with van der Waals surface area (Å²) >= 11 is 0. The number of aromatic nitrogens is 2. The highest BCUT2D eigenvalue weighted by molar-refractivity contribution is 5.89. The van der Waals surface area contributed by atoms with Gasteiger partial charge in [0.25, 0.3) is 0 Å². The molecule has 3 rings (SSSR count). The van der Waals surface area contributed by atoms with Crippen molar-refractivity contribution in [1.29, 1.82) is 0 Å². The van der Waals surface area contributed by atoms with Gasteiger partial charge in [0.1, 0.15) is 5.82 Å². The van der Waals surface area contributed by atoms with E-state index in [2.05, 4.69) is 20.6 Å². The molecule has 1 saturated carbocycles. The summed E-state index contributed by atoms with van der Waals surface area (Å²) in [5, 5.41) is 6.60. The summed E-state index contributed by atoms with van der Waals surface area (Å²) in [7, 11) is 0. The number of benzene rings is 1. The number of nitrogen functional groups attached to an aromatic ring is 1. The molecule has 0 saturated heterocycles. The Morgan fingerprint density at radius 2 is 2.10 bits per heavy atom. The largest absolute Gasteiger partial charge is 0.383 e. The summed E-state index contributed by atoms with van der Waals surface area (Å²) in [6.07, 6.45) is 2.44. The summed E-state index contributed by atoms with van der Waals surface area (Å²) in [4.78, 5) is 20.1. The van der Waals surface area contributed by atoms with Crippen molar-refractivity contribution < 1.29 is 4.79 Å². The summed E-state index contributed by atoms with van der Waals surface area (Å²) in [6, 6.07) is 7.52. The highest BCUT2D eigenvalue weighted by Crippen LogP contribution is 2.27. The standard InChI is InChI=1S/C14H17N5O/c15-13-10-3-1-2-4-11(10)18-14(19-13)17-8-12(20)16-7-9-5-6-9/h1-4,9H,5-8H2,(H,16,20)(H3,15,17,18,19). The van der Waals surface area contributed by atoms with E-state index in [0.717, 1.165) is 17.4 Å². The summed E-state index contributed by atoms with van der Waals surface area (Å²) in [5.74, 6) is 1.41. The highest BCUT2D eigenvalue weighted by Gasteiger charge is 2.21. The average molecular weight is 271 g/mol. The minimum Gasteiger partial charge on any atom is -0.383 e. The van der Waals surface area contributed by atoms with Crippen LogP contribution in [-0.2, 0) is 4.79 Å². The number of hydrogen-bond acceptors (Lipinski definition) is 5. The molecule has 0 atom stereocenters. The van der Waals surface area contributed by atoms with Gasteiger partial charge in [0, 0.05) is 11.9 Å². The zero-order chi connectivity index (χ0) is 13.9. The minimum absolute atomic E-state index is 0.0489. The van der Waals surface area contributed by atoms with E-state index < -0.39 is 0 Å². The van der Waals surface area contributed by atoms with Gasteiger partial charge in [-0.3, -0.25) is 4.79 Å². The summed E-state index contributed by atoms with van der Waals surface area (Å²) < 4.78 is 0. The minimum atomic E-state index is -0.0489. The zero-order valence-electron chi connectivity index (χ0n) is 11.1. The number of anilines is 2. The fourth-order valence-electron chi connectivity index (χ4n) is 1.98. The molecule has 2 aromatic rings. The van der Waals surface area contributed by atoms with Crippen LogP contribution in [0.1, 0.15) is 12.8 Å². The molecule has 4 N–H and O–H groups in total. The molecule has 0 unspecified atom stereocenters. The van der Waals surface area contributed by atoms with Crippen LogP contribution >= 0.6 is 0 Å². The fraction of sp³-hybridized carbons (Fsp3) is 0.357. The lowest BCUT2D eigenvalue weighted by molar-refractivity contribution is -0.119. The Morgan fingerprint density at radius 3 is 2.90 bits per heavy atom. The van der Waals surface area contributed by atoms with Gasteiger partial charge < -0.3 is 16.4 Å². The predicted molar refractivity (Wildman–Crippen MR) is 78.2 cm³/mol. The van der Waals surface area contributed by atoms with Crippen molar-refractivity contribution >= 4 is 28.6 Å². The lowest BCUT2D eigenvalue weighted by Gasteiger charge is -2.08. The van der Waals surface area contributed by atoms with Crippen molar-refractivity contribution in [2.24, 2.45) is 5.92 Å². The van der Waals surface area contributed by atoms with Crippen molar-refractivity contribution in [2.45, 2.75) is 12.8 Å². The molecule has 104 valence electrons. The van der Waals surface area contributed by atoms with Crippen LogP contribution in [0.15, 0.2) is 24.3 Å². The van der Waals surface area contributed by atoms with E-state index in [0.29, 0.717) is 17.7 Å². The summed E-state index contributed by atoms with van der Waals surface area (Å²) in [6.45, 7) is 0.922. The number of carbonyl (C=O) groups excluding carboxylic acids is 1. The average Bonchev–Trinajstić information content (AvgIpc) is 3.27. The molecule has 1 heterocycles. The number of amides is 1. The van der Waals surface area contributed by atoms with Gasteiger partial charge in [-0.15, -0.1) is 0 Å². The molecule has 6 nitrogen and oxygen atoms in total. The van der Waals surface area contributed by atoms with Crippen molar-refractivity contribution in [3.63, 3.8) is 0 Å². The van der Waals surface area contributed by atoms with Crippen molar-refractivity contribution in [2.75, 3.05) is 24.1 Å². The van der Waals surface area contributed by atoms with Gasteiger partial charge in [0.05, 0.1) is 12.1 Å². The number of fused-ring (bicyclic) bond motifs is 1. The first-order valence-electron chi connectivity index (χ1n) is 6.75. The molecule has 0 spiro atoms. The van der Waals surface area contributed by atoms with Crippen LogP contribution in [0.4, 0.5) is 11.8 Å². The molecule has 20 heavy (non-hydrogen) atoms. The first-order chi connectivity index (χ1) is 9.72. The first-order valence-corrected chi connectivity index (χ1v) is 6.75. The molecule has 1 aromatic heterocycles. The van der Waals surface area contributed by atoms with Gasteiger partial charge in [-0.25, -0.2) is 4.98 Å². The number of hydrogen-bond donors (Lipinski definition) is 3. The van der Waals surface area contributed by atoms with Gasteiger partial charge in [0.15, 0.2) is 0 Å². The second-order valence-electron chi connectivity index (χ2n) is 5.05. The quantitative estimate of drug-likeness (QED) is 0.758. The Kier molecular flexibility index (Phi) is 3.37. The van der Waals surface area contributed by atoms with Gasteiger partial charge >= 0.3 is 0 Å². The Balaban J connectivity index is 1.63. The van der Waals surface area contributed by atoms with Gasteiger partial charge in [-0.05, 0) is 30.9 Å². The molecule has 0 aliphatic heterocycles. The molecule has 6 heteroatoms. The number of nitrogens with zero attached hydrogens (tertiary/aromatic N) is 2. The van der Waals surface area contributed by atoms with E-state index in [9.17, 15) is 4.79 Å². The third-order valence-corrected chi connectivity index (χ3v) is 3.32. The fourth-order valence-corrected chi connectivity index (χ4v) is 1.98. The van der Waals surface area contributed by atoms with E-state index in [1.807, 2.05) is 24.3 Å². The van der Waals surface area contributed by atoms with Crippen LogP contribution in [0, 0.1) is 5.92 Å². The van der Waals surface area contributed by atoms with E-state index in [-0.39, 0.29) is 12.5 Å². The Morgan fingerprint density at radius 1 is 1.30 bits per heavy atom. The summed E-state index contributed by atoms with van der Waals surface area (Å²) in [5.41, 5.74) is 6.64. The van der Waals surface area contributed by atoms with E-state index in [1.165, 1.54) is 12.8 Å². The van der Waals surface area contributed by atoms with Gasteiger partial charge in [-0.2, -0.15) is 4.98 Å². The Bertz CT molecular complexity index is 638. The molecule has 1 aliphatic carbocycles. The smallest absolute Gasteiger partial charge is 0.239 e. The molecule has 0 radical (unpaired) electrons. The number of nitrogens with one attached hydrogen (secondary N) is 2. The third-order valence-electron chi connectivity index (χ3n) is 3.32. The number of rotatable bonds is 5. The van der Waals surface area contributed by atoms with Crippen LogP contribution in [-0.4, -0.2) is 29.0 Å². The SMILES string of the molecule is Nc1nc(NCC(=O)NCC2CC2)nc2ccccc12. The van der Waals surface area contributed by atoms with E-state index in [1.54, 1.807) is 0 Å². The monoisotopic (exact) mass is 271 g/mol. The molecular weight excluding hydrogens is 254 g/mol. The van der Waals surface area contributed by atoms with Crippen LogP contribution < -0.4 is 16.4 Å². The molecule has 1 amide bonds. The maximum Gasteiger partial charge on any atom is 0.239 e. The number of nitrogens with two attached hydrogens (primary N) is 1. The maximum absolute atomic E-state index is 11.6.